The van der Waals surface area contributed by atoms with Crippen molar-refractivity contribution < 1.29 is 24.5 Å². The van der Waals surface area contributed by atoms with Gasteiger partial charge in [0, 0.05) is 6.42 Å². The van der Waals surface area contributed by atoms with Crippen molar-refractivity contribution >= 4 is 11.9 Å². The Kier molecular flexibility index (Phi) is 47.5. The highest BCUT2D eigenvalue weighted by Crippen LogP contribution is 2.18. The molecular formula is C54H105NO5. The molecule has 0 saturated carbocycles. The van der Waals surface area contributed by atoms with Gasteiger partial charge < -0.3 is 20.3 Å². The van der Waals surface area contributed by atoms with Crippen LogP contribution in [0.2, 0.25) is 0 Å². The van der Waals surface area contributed by atoms with Gasteiger partial charge in [0.05, 0.1) is 25.2 Å². The van der Waals surface area contributed by atoms with E-state index in [0.29, 0.717) is 19.3 Å². The van der Waals surface area contributed by atoms with Crippen LogP contribution in [0, 0.1) is 0 Å². The lowest BCUT2D eigenvalue weighted by atomic mass is 10.0. The van der Waals surface area contributed by atoms with Gasteiger partial charge in [0.15, 0.2) is 0 Å². The number of aliphatic hydroxyl groups excluding tert-OH is 2. The van der Waals surface area contributed by atoms with Gasteiger partial charge in [-0.15, -0.1) is 0 Å². The minimum absolute atomic E-state index is 0.0811. The third-order valence-electron chi connectivity index (χ3n) is 12.6. The lowest BCUT2D eigenvalue weighted by molar-refractivity contribution is -0.151. The lowest BCUT2D eigenvalue weighted by Crippen LogP contribution is -2.46. The van der Waals surface area contributed by atoms with E-state index in [0.717, 1.165) is 51.4 Å². The molecule has 0 heterocycles. The molecule has 3 N–H and O–H groups in total. The van der Waals surface area contributed by atoms with Gasteiger partial charge in [0.25, 0.3) is 0 Å². The highest BCUT2D eigenvalue weighted by molar-refractivity contribution is 5.77. The predicted octanol–water partition coefficient (Wildman–Crippen LogP) is 16.1. The number of hydrogen-bond acceptors (Lipinski definition) is 5. The fourth-order valence-electron chi connectivity index (χ4n) is 8.49. The average Bonchev–Trinajstić information content (AvgIpc) is 3.24. The Balaban J connectivity index is 4.44. The van der Waals surface area contributed by atoms with E-state index in [1.165, 1.54) is 199 Å². The number of unbranched alkanes of at least 4 members (excludes halogenated alkanes) is 35. The number of esters is 1. The number of hydrogen-bond donors (Lipinski definition) is 3. The molecule has 0 aromatic carbocycles. The molecular weight excluding hydrogens is 743 g/mol. The first-order valence-electron chi connectivity index (χ1n) is 26.9. The number of aliphatic hydroxyl groups is 2. The summed E-state index contributed by atoms with van der Waals surface area (Å²) in [6, 6.07) is -0.696. The molecule has 6 heteroatoms. The standard InChI is InChI=1S/C54H105NO5/c1-4-7-10-13-16-19-22-24-25-26-27-28-30-32-35-38-41-44-47-54(59)60-50(45-42-39-36-33-21-18-15-12-9-6-3)48-53(58)55-51(49-56)52(57)46-43-40-37-34-31-29-23-20-17-14-11-8-5-2/h27-28,50-52,56-57H,4-26,29-49H2,1-3H3,(H,55,58)/b28-27+. The van der Waals surface area contributed by atoms with Crippen molar-refractivity contribution in [2.45, 2.75) is 315 Å². The van der Waals surface area contributed by atoms with E-state index in [1.54, 1.807) is 0 Å². The zero-order valence-corrected chi connectivity index (χ0v) is 40.6. The first-order chi connectivity index (χ1) is 29.5. The Morgan fingerprint density at radius 1 is 0.467 bits per heavy atom. The summed E-state index contributed by atoms with van der Waals surface area (Å²) in [4.78, 5) is 26.1. The third-order valence-corrected chi connectivity index (χ3v) is 12.6. The number of ether oxygens (including phenoxy) is 1. The Morgan fingerprint density at radius 3 is 1.18 bits per heavy atom. The molecule has 3 unspecified atom stereocenters. The topological polar surface area (TPSA) is 95.9 Å². The summed E-state index contributed by atoms with van der Waals surface area (Å²) in [5, 5.41) is 23.8. The van der Waals surface area contributed by atoms with Crippen molar-refractivity contribution in [3.63, 3.8) is 0 Å². The van der Waals surface area contributed by atoms with E-state index in [1.807, 2.05) is 0 Å². The molecule has 0 aliphatic heterocycles. The monoisotopic (exact) mass is 848 g/mol. The second-order valence-electron chi connectivity index (χ2n) is 18.6. The van der Waals surface area contributed by atoms with Crippen LogP contribution in [0.5, 0.6) is 0 Å². The van der Waals surface area contributed by atoms with Gasteiger partial charge in [-0.05, 0) is 51.4 Å². The SMILES string of the molecule is CCCCCCCCCCC/C=C/CCCCCCCC(=O)OC(CCCCCCCCCCCC)CC(=O)NC(CO)C(O)CCCCCCCCCCCCCCC. The Morgan fingerprint density at radius 2 is 0.800 bits per heavy atom. The Labute approximate surface area is 374 Å². The van der Waals surface area contributed by atoms with Gasteiger partial charge in [-0.25, -0.2) is 0 Å². The smallest absolute Gasteiger partial charge is 0.306 e. The molecule has 0 radical (unpaired) electrons. The summed E-state index contributed by atoms with van der Waals surface area (Å²) < 4.78 is 5.93. The van der Waals surface area contributed by atoms with Crippen LogP contribution in [0.25, 0.3) is 0 Å². The first-order valence-corrected chi connectivity index (χ1v) is 26.9. The van der Waals surface area contributed by atoms with Gasteiger partial charge in [0.1, 0.15) is 6.10 Å². The van der Waals surface area contributed by atoms with E-state index in [9.17, 15) is 19.8 Å². The molecule has 0 aliphatic carbocycles. The van der Waals surface area contributed by atoms with Crippen molar-refractivity contribution in [3.05, 3.63) is 12.2 Å². The number of carbonyl (C=O) groups is 2. The quantitative estimate of drug-likeness (QED) is 0.0322. The summed E-state index contributed by atoms with van der Waals surface area (Å²) in [6.07, 6.45) is 54.2. The number of nitrogens with one attached hydrogen (secondary N) is 1. The van der Waals surface area contributed by atoms with E-state index >= 15 is 0 Å². The van der Waals surface area contributed by atoms with Gasteiger partial charge in [-0.2, -0.15) is 0 Å². The fourth-order valence-corrected chi connectivity index (χ4v) is 8.49. The van der Waals surface area contributed by atoms with Gasteiger partial charge in [-0.1, -0.05) is 245 Å². The lowest BCUT2D eigenvalue weighted by Gasteiger charge is -2.24. The van der Waals surface area contributed by atoms with E-state index < -0.39 is 18.2 Å². The maximum absolute atomic E-state index is 13.2. The fraction of sp³-hybridized carbons (Fsp3) is 0.926. The van der Waals surface area contributed by atoms with E-state index in [4.69, 9.17) is 4.74 Å². The van der Waals surface area contributed by atoms with Crippen LogP contribution in [0.4, 0.5) is 0 Å². The van der Waals surface area contributed by atoms with Crippen LogP contribution in [0.3, 0.4) is 0 Å². The normalized spacial score (nSPS) is 13.2. The third kappa shape index (κ3) is 43.3. The average molecular weight is 848 g/mol. The van der Waals surface area contributed by atoms with E-state index in [2.05, 4.69) is 38.2 Å². The first kappa shape index (κ1) is 58.6. The molecule has 6 nitrogen and oxygen atoms in total. The second-order valence-corrected chi connectivity index (χ2v) is 18.6. The summed E-state index contributed by atoms with van der Waals surface area (Å²) in [6.45, 7) is 6.50. The van der Waals surface area contributed by atoms with Crippen molar-refractivity contribution in [1.29, 1.82) is 0 Å². The Hall–Kier alpha value is -1.40. The molecule has 60 heavy (non-hydrogen) atoms. The minimum atomic E-state index is -0.782. The largest absolute Gasteiger partial charge is 0.462 e. The molecule has 0 spiro atoms. The van der Waals surface area contributed by atoms with Gasteiger partial charge in [0.2, 0.25) is 5.91 Å². The van der Waals surface area contributed by atoms with Crippen LogP contribution < -0.4 is 5.32 Å². The molecule has 356 valence electrons. The molecule has 0 aromatic heterocycles. The molecule has 3 atom stereocenters. The number of amides is 1. The zero-order valence-electron chi connectivity index (χ0n) is 40.6. The highest BCUT2D eigenvalue weighted by atomic mass is 16.5. The molecule has 0 saturated heterocycles. The Bertz CT molecular complexity index is 909. The molecule has 0 fully saturated rings. The summed E-state index contributed by atoms with van der Waals surface area (Å²) in [5.74, 6) is -0.467. The van der Waals surface area contributed by atoms with E-state index in [-0.39, 0.29) is 24.9 Å². The molecule has 0 bridgehead atoms. The van der Waals surface area contributed by atoms with Crippen LogP contribution in [0.15, 0.2) is 12.2 Å². The van der Waals surface area contributed by atoms with Crippen LogP contribution >= 0.6 is 0 Å². The number of carbonyl (C=O) groups excluding carboxylic acids is 2. The van der Waals surface area contributed by atoms with Crippen molar-refractivity contribution in [1.82, 2.24) is 5.32 Å². The van der Waals surface area contributed by atoms with Crippen LogP contribution in [0.1, 0.15) is 297 Å². The second kappa shape index (κ2) is 48.6. The molecule has 1 amide bonds. The predicted molar refractivity (Wildman–Crippen MR) is 260 cm³/mol. The van der Waals surface area contributed by atoms with Crippen LogP contribution in [-0.2, 0) is 14.3 Å². The highest BCUT2D eigenvalue weighted by Gasteiger charge is 2.24. The summed E-state index contributed by atoms with van der Waals surface area (Å²) in [5.41, 5.74) is 0. The van der Waals surface area contributed by atoms with Crippen LogP contribution in [-0.4, -0.2) is 46.9 Å². The summed E-state index contributed by atoms with van der Waals surface area (Å²) >= 11 is 0. The van der Waals surface area contributed by atoms with Crippen molar-refractivity contribution in [3.8, 4) is 0 Å². The zero-order chi connectivity index (χ0) is 43.8. The van der Waals surface area contributed by atoms with Gasteiger partial charge >= 0.3 is 5.97 Å². The molecule has 0 rings (SSSR count). The van der Waals surface area contributed by atoms with Crippen molar-refractivity contribution in [2.75, 3.05) is 6.61 Å². The minimum Gasteiger partial charge on any atom is -0.462 e. The van der Waals surface area contributed by atoms with Crippen molar-refractivity contribution in [2.24, 2.45) is 0 Å². The number of rotatable bonds is 49. The maximum atomic E-state index is 13.2. The number of allylic oxidation sites excluding steroid dienone is 2. The molecule has 0 aliphatic rings. The van der Waals surface area contributed by atoms with Gasteiger partial charge in [-0.3, -0.25) is 9.59 Å². The summed E-state index contributed by atoms with van der Waals surface area (Å²) in [7, 11) is 0. The molecule has 0 aromatic rings. The maximum Gasteiger partial charge on any atom is 0.306 e.